The summed E-state index contributed by atoms with van der Waals surface area (Å²) in [7, 11) is 3.17. The van der Waals surface area contributed by atoms with Gasteiger partial charge in [0.15, 0.2) is 11.5 Å². The Balaban J connectivity index is 2.35. The van der Waals surface area contributed by atoms with E-state index in [1.54, 1.807) is 14.2 Å². The number of hydrogen-bond acceptors (Lipinski definition) is 4. The second-order valence-electron chi connectivity index (χ2n) is 4.11. The quantitative estimate of drug-likeness (QED) is 0.855. The van der Waals surface area contributed by atoms with Gasteiger partial charge in [0.2, 0.25) is 5.75 Å². The molecule has 4 heteroatoms. The van der Waals surface area contributed by atoms with Gasteiger partial charge < -0.3 is 19.9 Å². The molecule has 2 aromatic carbocycles. The number of benzene rings is 2. The van der Waals surface area contributed by atoms with Gasteiger partial charge in [-0.3, -0.25) is 0 Å². The van der Waals surface area contributed by atoms with E-state index in [1.165, 1.54) is 0 Å². The van der Waals surface area contributed by atoms with Crippen LogP contribution in [-0.2, 0) is 0 Å². The minimum Gasteiger partial charge on any atom is -0.493 e. The van der Waals surface area contributed by atoms with Crippen LogP contribution < -0.4 is 19.9 Å². The molecule has 2 aromatic rings. The van der Waals surface area contributed by atoms with Crippen molar-refractivity contribution >= 4 is 5.69 Å². The van der Waals surface area contributed by atoms with Crippen molar-refractivity contribution in [3.05, 3.63) is 42.0 Å². The fraction of sp³-hybridized carbons (Fsp3) is 0.200. The Kier molecular flexibility index (Phi) is 3.80. The van der Waals surface area contributed by atoms with Crippen molar-refractivity contribution in [2.45, 2.75) is 6.92 Å². The molecule has 0 bridgehead atoms. The maximum absolute atomic E-state index is 5.82. The molecule has 100 valence electrons. The molecule has 4 nitrogen and oxygen atoms in total. The van der Waals surface area contributed by atoms with Crippen molar-refractivity contribution in [2.24, 2.45) is 0 Å². The van der Waals surface area contributed by atoms with Crippen molar-refractivity contribution < 1.29 is 14.2 Å². The molecule has 0 saturated carbocycles. The van der Waals surface area contributed by atoms with E-state index in [1.807, 2.05) is 43.3 Å². The molecule has 0 aliphatic rings. The Morgan fingerprint density at radius 2 is 1.68 bits per heavy atom. The molecule has 2 N–H and O–H groups in total. The summed E-state index contributed by atoms with van der Waals surface area (Å²) in [4.78, 5) is 0. The van der Waals surface area contributed by atoms with Gasteiger partial charge in [0.25, 0.3) is 0 Å². The van der Waals surface area contributed by atoms with Gasteiger partial charge in [-0.1, -0.05) is 6.07 Å². The Labute approximate surface area is 112 Å². The smallest absolute Gasteiger partial charge is 0.203 e. The van der Waals surface area contributed by atoms with Crippen LogP contribution in [0.5, 0.6) is 23.0 Å². The molecule has 19 heavy (non-hydrogen) atoms. The lowest BCUT2D eigenvalue weighted by Gasteiger charge is -2.13. The van der Waals surface area contributed by atoms with Crippen LogP contribution in [-0.4, -0.2) is 14.2 Å². The Morgan fingerprint density at radius 1 is 0.947 bits per heavy atom. The van der Waals surface area contributed by atoms with Gasteiger partial charge in [0.1, 0.15) is 5.75 Å². The molecule has 2 rings (SSSR count). The minimum absolute atomic E-state index is 0.569. The molecule has 0 spiro atoms. The molecular formula is C15H17NO3. The largest absolute Gasteiger partial charge is 0.493 e. The van der Waals surface area contributed by atoms with E-state index in [-0.39, 0.29) is 0 Å². The summed E-state index contributed by atoms with van der Waals surface area (Å²) in [5.41, 5.74) is 7.50. The highest BCUT2D eigenvalue weighted by Gasteiger charge is 2.11. The van der Waals surface area contributed by atoms with Gasteiger partial charge in [0.05, 0.1) is 14.2 Å². The number of rotatable bonds is 4. The summed E-state index contributed by atoms with van der Waals surface area (Å²) < 4.78 is 16.4. The van der Waals surface area contributed by atoms with Crippen LogP contribution in [0.25, 0.3) is 0 Å². The zero-order chi connectivity index (χ0) is 13.8. The summed E-state index contributed by atoms with van der Waals surface area (Å²) in [6, 6.07) is 11.0. The number of aryl methyl sites for hydroxylation is 1. The minimum atomic E-state index is 0.569. The summed E-state index contributed by atoms with van der Waals surface area (Å²) in [6.07, 6.45) is 0. The van der Waals surface area contributed by atoms with Gasteiger partial charge in [-0.15, -0.1) is 0 Å². The Hall–Kier alpha value is -2.36. The van der Waals surface area contributed by atoms with Crippen LogP contribution in [0, 0.1) is 6.92 Å². The molecule has 0 fully saturated rings. The van der Waals surface area contributed by atoms with Crippen molar-refractivity contribution in [3.63, 3.8) is 0 Å². The maximum Gasteiger partial charge on any atom is 0.203 e. The summed E-state index contributed by atoms with van der Waals surface area (Å²) in [6.45, 7) is 1.94. The first-order valence-corrected chi connectivity index (χ1v) is 5.90. The maximum atomic E-state index is 5.82. The van der Waals surface area contributed by atoms with Gasteiger partial charge >= 0.3 is 0 Å². The van der Waals surface area contributed by atoms with Crippen LogP contribution in [0.15, 0.2) is 36.4 Å². The molecular weight excluding hydrogens is 242 g/mol. The van der Waals surface area contributed by atoms with Gasteiger partial charge in [-0.25, -0.2) is 0 Å². The van der Waals surface area contributed by atoms with Crippen LogP contribution >= 0.6 is 0 Å². The SMILES string of the molecule is COc1cccc(Oc2ccc(N)c(C)c2)c1OC. The zero-order valence-electron chi connectivity index (χ0n) is 11.3. The molecule has 0 radical (unpaired) electrons. The predicted molar refractivity (Wildman–Crippen MR) is 75.2 cm³/mol. The van der Waals surface area contributed by atoms with E-state index < -0.39 is 0 Å². The van der Waals surface area contributed by atoms with E-state index in [0.717, 1.165) is 11.3 Å². The van der Waals surface area contributed by atoms with Crippen LogP contribution in [0.2, 0.25) is 0 Å². The number of nitrogen functional groups attached to an aromatic ring is 1. The average molecular weight is 259 g/mol. The standard InChI is InChI=1S/C15H17NO3/c1-10-9-11(7-8-12(10)16)19-14-6-4-5-13(17-2)15(14)18-3/h4-9H,16H2,1-3H3. The summed E-state index contributed by atoms with van der Waals surface area (Å²) in [5.74, 6) is 2.51. The van der Waals surface area contributed by atoms with Gasteiger partial charge in [0, 0.05) is 5.69 Å². The molecule has 0 amide bonds. The summed E-state index contributed by atoms with van der Waals surface area (Å²) in [5, 5.41) is 0. The number of anilines is 1. The van der Waals surface area contributed by atoms with Crippen molar-refractivity contribution in [1.29, 1.82) is 0 Å². The third-order valence-corrected chi connectivity index (χ3v) is 2.84. The van der Waals surface area contributed by atoms with Crippen LogP contribution in [0.4, 0.5) is 5.69 Å². The number of hydrogen-bond donors (Lipinski definition) is 1. The monoisotopic (exact) mass is 259 g/mol. The Bertz CT molecular complexity index is 582. The van der Waals surface area contributed by atoms with Crippen LogP contribution in [0.3, 0.4) is 0 Å². The van der Waals surface area contributed by atoms with Crippen molar-refractivity contribution in [1.82, 2.24) is 0 Å². The van der Waals surface area contributed by atoms with Gasteiger partial charge in [-0.2, -0.15) is 0 Å². The van der Waals surface area contributed by atoms with E-state index in [2.05, 4.69) is 0 Å². The fourth-order valence-corrected chi connectivity index (χ4v) is 1.78. The molecule has 0 aliphatic heterocycles. The second kappa shape index (κ2) is 5.52. The van der Waals surface area contributed by atoms with E-state index in [4.69, 9.17) is 19.9 Å². The lowest BCUT2D eigenvalue weighted by Crippen LogP contribution is -1.95. The first-order chi connectivity index (χ1) is 9.15. The molecule has 0 saturated heterocycles. The number of methoxy groups -OCH3 is 2. The second-order valence-corrected chi connectivity index (χ2v) is 4.11. The normalized spacial score (nSPS) is 10.1. The third kappa shape index (κ3) is 2.73. The predicted octanol–water partition coefficient (Wildman–Crippen LogP) is 3.39. The lowest BCUT2D eigenvalue weighted by atomic mass is 10.2. The molecule has 0 aliphatic carbocycles. The number of nitrogens with two attached hydrogens (primary N) is 1. The zero-order valence-corrected chi connectivity index (χ0v) is 11.3. The number of ether oxygens (including phenoxy) is 3. The summed E-state index contributed by atoms with van der Waals surface area (Å²) >= 11 is 0. The van der Waals surface area contributed by atoms with Crippen molar-refractivity contribution in [3.8, 4) is 23.0 Å². The average Bonchev–Trinajstić information content (AvgIpc) is 2.42. The van der Waals surface area contributed by atoms with Crippen LogP contribution in [0.1, 0.15) is 5.56 Å². The molecule has 0 unspecified atom stereocenters. The molecule has 0 heterocycles. The number of para-hydroxylation sites is 1. The Morgan fingerprint density at radius 3 is 2.32 bits per heavy atom. The highest BCUT2D eigenvalue weighted by molar-refractivity contribution is 5.54. The van der Waals surface area contributed by atoms with Gasteiger partial charge in [-0.05, 0) is 42.8 Å². The molecule has 0 aromatic heterocycles. The van der Waals surface area contributed by atoms with E-state index >= 15 is 0 Å². The van der Waals surface area contributed by atoms with E-state index in [9.17, 15) is 0 Å². The first kappa shape index (κ1) is 13.1. The highest BCUT2D eigenvalue weighted by Crippen LogP contribution is 2.39. The fourth-order valence-electron chi connectivity index (χ4n) is 1.78. The first-order valence-electron chi connectivity index (χ1n) is 5.90. The van der Waals surface area contributed by atoms with Crippen molar-refractivity contribution in [2.75, 3.05) is 20.0 Å². The van der Waals surface area contributed by atoms with E-state index in [0.29, 0.717) is 23.0 Å². The third-order valence-electron chi connectivity index (χ3n) is 2.84. The highest BCUT2D eigenvalue weighted by atomic mass is 16.5. The topological polar surface area (TPSA) is 53.7 Å². The lowest BCUT2D eigenvalue weighted by molar-refractivity contribution is 0.336. The molecule has 0 atom stereocenters.